The Bertz CT molecular complexity index is 648. The number of nitrogens with zero attached hydrogens (tertiary/aromatic N) is 2. The van der Waals surface area contributed by atoms with Crippen LogP contribution in [0.3, 0.4) is 0 Å². The van der Waals surface area contributed by atoms with E-state index in [4.69, 9.17) is 0 Å². The van der Waals surface area contributed by atoms with Crippen LogP contribution in [-0.2, 0) is 13.0 Å². The van der Waals surface area contributed by atoms with Gasteiger partial charge in [-0.3, -0.25) is 0 Å². The van der Waals surface area contributed by atoms with Gasteiger partial charge in [-0.2, -0.15) is 0 Å². The Balaban J connectivity index is 2.05. The number of rotatable bonds is 6. The number of nitrogens with one attached hydrogen (secondary N) is 2. The summed E-state index contributed by atoms with van der Waals surface area (Å²) >= 11 is 1.74. The molecule has 4 nitrogen and oxygen atoms in total. The molecule has 124 valence electrons. The highest BCUT2D eigenvalue weighted by atomic mass is 32.1. The van der Waals surface area contributed by atoms with Crippen molar-refractivity contribution in [2.75, 3.05) is 6.54 Å². The topological polar surface area (TPSA) is 49.3 Å². The summed E-state index contributed by atoms with van der Waals surface area (Å²) in [6, 6.07) is 8.64. The molecular weight excluding hydrogens is 304 g/mol. The zero-order valence-corrected chi connectivity index (χ0v) is 15.2. The number of aliphatic imine (C=N–C) groups is 1. The molecule has 1 heterocycles. The van der Waals surface area contributed by atoms with E-state index in [1.54, 1.807) is 11.3 Å². The minimum atomic E-state index is 0.205. The predicted octanol–water partition coefficient (Wildman–Crippen LogP) is 3.83. The first kappa shape index (κ1) is 17.5. The summed E-state index contributed by atoms with van der Waals surface area (Å²) in [6.45, 7) is 9.97. The van der Waals surface area contributed by atoms with Gasteiger partial charge in [-0.15, -0.1) is 11.3 Å². The average Bonchev–Trinajstić information content (AvgIpc) is 3.01. The van der Waals surface area contributed by atoms with Crippen molar-refractivity contribution in [2.45, 2.75) is 46.7 Å². The normalized spacial score (nSPS) is 13.0. The standard InChI is InChI=1S/C18H26N4S/c1-5-15-11-20-17(23-15)12-21-18(19-6-2)22-14(4)16-10-8-7-9-13(16)3/h7-11,14H,5-6,12H2,1-4H3,(H2,19,21,22). The molecule has 2 aromatic rings. The predicted molar refractivity (Wildman–Crippen MR) is 99.0 cm³/mol. The lowest BCUT2D eigenvalue weighted by Crippen LogP contribution is -2.38. The highest BCUT2D eigenvalue weighted by Crippen LogP contribution is 2.17. The van der Waals surface area contributed by atoms with Crippen LogP contribution in [-0.4, -0.2) is 17.5 Å². The Morgan fingerprint density at radius 2 is 2.09 bits per heavy atom. The Morgan fingerprint density at radius 1 is 1.30 bits per heavy atom. The maximum absolute atomic E-state index is 4.67. The fourth-order valence-electron chi connectivity index (χ4n) is 2.41. The molecule has 0 radical (unpaired) electrons. The van der Waals surface area contributed by atoms with Crippen molar-refractivity contribution < 1.29 is 0 Å². The summed E-state index contributed by atoms with van der Waals surface area (Å²) in [6.07, 6.45) is 2.98. The molecule has 0 aliphatic carbocycles. The molecule has 1 atom stereocenters. The van der Waals surface area contributed by atoms with Gasteiger partial charge in [0.2, 0.25) is 0 Å². The summed E-state index contributed by atoms with van der Waals surface area (Å²) < 4.78 is 0. The van der Waals surface area contributed by atoms with Crippen molar-refractivity contribution in [3.05, 3.63) is 51.5 Å². The van der Waals surface area contributed by atoms with E-state index in [1.165, 1.54) is 16.0 Å². The molecule has 1 aromatic heterocycles. The van der Waals surface area contributed by atoms with E-state index < -0.39 is 0 Å². The summed E-state index contributed by atoms with van der Waals surface area (Å²) in [7, 11) is 0. The first-order chi connectivity index (χ1) is 11.1. The number of thiazole rings is 1. The van der Waals surface area contributed by atoms with Crippen LogP contribution in [0.25, 0.3) is 0 Å². The van der Waals surface area contributed by atoms with E-state index in [2.05, 4.69) is 72.6 Å². The van der Waals surface area contributed by atoms with Crippen LogP contribution >= 0.6 is 11.3 Å². The molecule has 2 N–H and O–H groups in total. The molecule has 0 bridgehead atoms. The lowest BCUT2D eigenvalue weighted by molar-refractivity contribution is 0.682. The van der Waals surface area contributed by atoms with E-state index in [0.29, 0.717) is 6.54 Å². The van der Waals surface area contributed by atoms with Gasteiger partial charge < -0.3 is 10.6 Å². The maximum atomic E-state index is 4.67. The highest BCUT2D eigenvalue weighted by Gasteiger charge is 2.10. The molecule has 0 saturated heterocycles. The fourth-order valence-corrected chi connectivity index (χ4v) is 3.19. The lowest BCUT2D eigenvalue weighted by atomic mass is 10.0. The smallest absolute Gasteiger partial charge is 0.192 e. The molecule has 0 aliphatic rings. The molecule has 0 amide bonds. The highest BCUT2D eigenvalue weighted by molar-refractivity contribution is 7.11. The van der Waals surface area contributed by atoms with Crippen molar-refractivity contribution in [3.8, 4) is 0 Å². The molecule has 1 unspecified atom stereocenters. The monoisotopic (exact) mass is 330 g/mol. The number of benzene rings is 1. The van der Waals surface area contributed by atoms with Crippen LogP contribution in [0.2, 0.25) is 0 Å². The molecule has 0 fully saturated rings. The molecule has 0 spiro atoms. The zero-order valence-electron chi connectivity index (χ0n) is 14.4. The molecule has 2 rings (SSSR count). The van der Waals surface area contributed by atoms with Crippen LogP contribution in [0.5, 0.6) is 0 Å². The SMILES string of the molecule is CCNC(=NCc1ncc(CC)s1)NC(C)c1ccccc1C. The van der Waals surface area contributed by atoms with Crippen molar-refractivity contribution in [1.82, 2.24) is 15.6 Å². The molecule has 1 aromatic carbocycles. The summed E-state index contributed by atoms with van der Waals surface area (Å²) in [4.78, 5) is 10.4. The molecule has 23 heavy (non-hydrogen) atoms. The van der Waals surface area contributed by atoms with Gasteiger partial charge in [-0.25, -0.2) is 9.98 Å². The third kappa shape index (κ3) is 5.06. The fraction of sp³-hybridized carbons (Fsp3) is 0.444. The quantitative estimate of drug-likeness (QED) is 0.625. The van der Waals surface area contributed by atoms with Crippen LogP contribution in [0, 0.1) is 6.92 Å². The van der Waals surface area contributed by atoms with Gasteiger partial charge in [0.15, 0.2) is 5.96 Å². The minimum Gasteiger partial charge on any atom is -0.357 e. The third-order valence-electron chi connectivity index (χ3n) is 3.67. The van der Waals surface area contributed by atoms with Gasteiger partial charge in [-0.1, -0.05) is 31.2 Å². The van der Waals surface area contributed by atoms with E-state index in [9.17, 15) is 0 Å². The number of aromatic nitrogens is 1. The Hall–Kier alpha value is -1.88. The summed E-state index contributed by atoms with van der Waals surface area (Å²) in [5.41, 5.74) is 2.58. The molecule has 5 heteroatoms. The van der Waals surface area contributed by atoms with Gasteiger partial charge in [0.25, 0.3) is 0 Å². The summed E-state index contributed by atoms with van der Waals surface area (Å²) in [5.74, 6) is 0.830. The van der Waals surface area contributed by atoms with Gasteiger partial charge in [0.05, 0.1) is 12.6 Å². The minimum absolute atomic E-state index is 0.205. The first-order valence-electron chi connectivity index (χ1n) is 8.18. The molecule has 0 aliphatic heterocycles. The van der Waals surface area contributed by atoms with Crippen LogP contribution in [0.4, 0.5) is 0 Å². The van der Waals surface area contributed by atoms with Gasteiger partial charge >= 0.3 is 0 Å². The average molecular weight is 331 g/mol. The molecule has 0 saturated carbocycles. The van der Waals surface area contributed by atoms with Crippen molar-refractivity contribution >= 4 is 17.3 Å². The summed E-state index contributed by atoms with van der Waals surface area (Å²) in [5, 5.41) is 7.85. The molecular formula is C18H26N4S. The van der Waals surface area contributed by atoms with E-state index in [1.807, 2.05) is 6.20 Å². The second-order valence-electron chi connectivity index (χ2n) is 5.49. The van der Waals surface area contributed by atoms with Gasteiger partial charge in [0, 0.05) is 17.6 Å². The van der Waals surface area contributed by atoms with Crippen LogP contribution in [0.1, 0.15) is 47.8 Å². The van der Waals surface area contributed by atoms with Gasteiger partial charge in [0.1, 0.15) is 5.01 Å². The third-order valence-corrected chi connectivity index (χ3v) is 4.80. The zero-order chi connectivity index (χ0) is 16.7. The Labute approximate surface area is 143 Å². The number of hydrogen-bond donors (Lipinski definition) is 2. The number of aryl methyl sites for hydroxylation is 2. The van der Waals surface area contributed by atoms with Crippen LogP contribution < -0.4 is 10.6 Å². The van der Waals surface area contributed by atoms with E-state index >= 15 is 0 Å². The van der Waals surface area contributed by atoms with E-state index in [0.717, 1.165) is 23.9 Å². The second-order valence-corrected chi connectivity index (χ2v) is 6.69. The lowest BCUT2D eigenvalue weighted by Gasteiger charge is -2.19. The van der Waals surface area contributed by atoms with Crippen molar-refractivity contribution in [2.24, 2.45) is 4.99 Å². The largest absolute Gasteiger partial charge is 0.357 e. The van der Waals surface area contributed by atoms with Crippen molar-refractivity contribution in [1.29, 1.82) is 0 Å². The second kappa shape index (κ2) is 8.67. The maximum Gasteiger partial charge on any atom is 0.192 e. The first-order valence-corrected chi connectivity index (χ1v) is 8.99. The number of guanidine groups is 1. The Morgan fingerprint density at radius 3 is 2.74 bits per heavy atom. The number of hydrogen-bond acceptors (Lipinski definition) is 3. The van der Waals surface area contributed by atoms with Gasteiger partial charge in [-0.05, 0) is 38.3 Å². The Kier molecular flexibility index (Phi) is 6.59. The van der Waals surface area contributed by atoms with Crippen LogP contribution in [0.15, 0.2) is 35.5 Å². The van der Waals surface area contributed by atoms with E-state index in [-0.39, 0.29) is 6.04 Å². The van der Waals surface area contributed by atoms with Crippen molar-refractivity contribution in [3.63, 3.8) is 0 Å².